The van der Waals surface area contributed by atoms with Crippen LogP contribution in [0.1, 0.15) is 32.6 Å². The summed E-state index contributed by atoms with van der Waals surface area (Å²) in [7, 11) is -4.16. The Labute approximate surface area is 125 Å². The minimum atomic E-state index is -4.16. The van der Waals surface area contributed by atoms with Crippen LogP contribution in [0, 0.1) is 0 Å². The Morgan fingerprint density at radius 1 is 1.00 bits per heavy atom. The van der Waals surface area contributed by atoms with Crippen LogP contribution >= 0.6 is 0 Å². The van der Waals surface area contributed by atoms with Crippen LogP contribution in [-0.2, 0) is 10.1 Å². The maximum atomic E-state index is 11.1. The van der Waals surface area contributed by atoms with E-state index in [4.69, 9.17) is 9.29 Å². The van der Waals surface area contributed by atoms with Gasteiger partial charge in [-0.1, -0.05) is 38.3 Å². The van der Waals surface area contributed by atoms with Crippen LogP contribution in [-0.4, -0.2) is 19.6 Å². The first-order chi connectivity index (χ1) is 10.0. The lowest BCUT2D eigenvalue weighted by molar-refractivity contribution is 0.305. The maximum Gasteiger partial charge on any atom is 0.294 e. The monoisotopic (exact) mass is 308 g/mol. The third kappa shape index (κ3) is 4.44. The van der Waals surface area contributed by atoms with Crippen molar-refractivity contribution in [3.05, 3.63) is 36.4 Å². The molecule has 21 heavy (non-hydrogen) atoms. The fraction of sp³-hybridized carbons (Fsp3) is 0.375. The number of ether oxygens (including phenoxy) is 1. The molecule has 0 spiro atoms. The highest BCUT2D eigenvalue weighted by Gasteiger charge is 2.09. The van der Waals surface area contributed by atoms with Crippen LogP contribution in [0.3, 0.4) is 0 Å². The number of rotatable bonds is 7. The second-order valence-corrected chi connectivity index (χ2v) is 6.48. The lowest BCUT2D eigenvalue weighted by Gasteiger charge is -2.07. The molecule has 0 aliphatic rings. The molecule has 0 unspecified atom stereocenters. The minimum absolute atomic E-state index is 0.0942. The molecule has 0 aliphatic heterocycles. The van der Waals surface area contributed by atoms with E-state index in [1.165, 1.54) is 31.4 Å². The Morgan fingerprint density at radius 2 is 1.71 bits per heavy atom. The average molecular weight is 308 g/mol. The Morgan fingerprint density at radius 3 is 2.43 bits per heavy atom. The van der Waals surface area contributed by atoms with Crippen LogP contribution in [0.2, 0.25) is 0 Å². The number of hydrogen-bond donors (Lipinski definition) is 1. The zero-order valence-corrected chi connectivity index (χ0v) is 12.9. The molecule has 0 aliphatic carbocycles. The predicted octanol–water partition coefficient (Wildman–Crippen LogP) is 4.05. The summed E-state index contributed by atoms with van der Waals surface area (Å²) in [6, 6.07) is 10.0. The molecular formula is C16H20O4S. The second kappa shape index (κ2) is 6.91. The number of benzene rings is 2. The average Bonchev–Trinajstić information content (AvgIpc) is 2.45. The summed E-state index contributed by atoms with van der Waals surface area (Å²) < 4.78 is 36.9. The van der Waals surface area contributed by atoms with E-state index in [-0.39, 0.29) is 4.90 Å². The van der Waals surface area contributed by atoms with Gasteiger partial charge < -0.3 is 4.74 Å². The van der Waals surface area contributed by atoms with E-state index in [1.54, 1.807) is 12.1 Å². The Balaban J connectivity index is 2.08. The molecule has 0 radical (unpaired) electrons. The third-order valence-corrected chi connectivity index (χ3v) is 4.20. The molecule has 2 aromatic carbocycles. The molecule has 0 saturated carbocycles. The molecule has 0 aromatic heterocycles. The number of unbranched alkanes of at least 4 members (excludes halogenated alkanes) is 3. The smallest absolute Gasteiger partial charge is 0.294 e. The van der Waals surface area contributed by atoms with Gasteiger partial charge in [0.05, 0.1) is 11.5 Å². The van der Waals surface area contributed by atoms with Gasteiger partial charge in [0.15, 0.2) is 0 Å². The van der Waals surface area contributed by atoms with E-state index in [2.05, 4.69) is 6.92 Å². The van der Waals surface area contributed by atoms with E-state index >= 15 is 0 Å². The van der Waals surface area contributed by atoms with Crippen LogP contribution in [0.5, 0.6) is 5.75 Å². The van der Waals surface area contributed by atoms with Gasteiger partial charge in [0.1, 0.15) is 5.75 Å². The highest BCUT2D eigenvalue weighted by atomic mass is 32.2. The quantitative estimate of drug-likeness (QED) is 0.619. The molecule has 0 saturated heterocycles. The van der Waals surface area contributed by atoms with Crippen molar-refractivity contribution in [1.82, 2.24) is 0 Å². The van der Waals surface area contributed by atoms with Crippen molar-refractivity contribution in [2.75, 3.05) is 6.61 Å². The number of hydrogen-bond acceptors (Lipinski definition) is 3. The fourth-order valence-electron chi connectivity index (χ4n) is 2.17. The molecule has 5 heteroatoms. The van der Waals surface area contributed by atoms with Crippen molar-refractivity contribution < 1.29 is 17.7 Å². The Bertz CT molecular complexity index is 707. The lowest BCUT2D eigenvalue weighted by atomic mass is 10.1. The first-order valence-corrected chi connectivity index (χ1v) is 8.59. The van der Waals surface area contributed by atoms with Crippen LogP contribution < -0.4 is 4.74 Å². The Kier molecular flexibility index (Phi) is 5.20. The van der Waals surface area contributed by atoms with Crippen molar-refractivity contribution in [3.63, 3.8) is 0 Å². The largest absolute Gasteiger partial charge is 0.494 e. The van der Waals surface area contributed by atoms with E-state index in [0.29, 0.717) is 6.61 Å². The van der Waals surface area contributed by atoms with Crippen LogP contribution in [0.15, 0.2) is 41.3 Å². The molecule has 0 heterocycles. The molecular weight excluding hydrogens is 288 g/mol. The van der Waals surface area contributed by atoms with Gasteiger partial charge >= 0.3 is 0 Å². The molecule has 0 amide bonds. The zero-order valence-electron chi connectivity index (χ0n) is 12.1. The summed E-state index contributed by atoms with van der Waals surface area (Å²) in [5.74, 6) is 0.776. The third-order valence-electron chi connectivity index (χ3n) is 3.35. The molecule has 2 rings (SSSR count). The standard InChI is InChI=1S/C16H20O4S/c1-2-3-4-5-10-20-15-8-6-14-12-16(21(17,18)19)9-7-13(14)11-15/h6-9,11-12H,2-5,10H2,1H3,(H,17,18,19). The van der Waals surface area contributed by atoms with Gasteiger partial charge in [-0.15, -0.1) is 0 Å². The van der Waals surface area contributed by atoms with Gasteiger partial charge in [-0.25, -0.2) is 0 Å². The first-order valence-electron chi connectivity index (χ1n) is 7.15. The van der Waals surface area contributed by atoms with Crippen molar-refractivity contribution in [1.29, 1.82) is 0 Å². The molecule has 0 bridgehead atoms. The van der Waals surface area contributed by atoms with E-state index < -0.39 is 10.1 Å². The van der Waals surface area contributed by atoms with Gasteiger partial charge in [0.25, 0.3) is 10.1 Å². The molecule has 0 atom stereocenters. The molecule has 114 valence electrons. The van der Waals surface area contributed by atoms with Crippen LogP contribution in [0.25, 0.3) is 10.8 Å². The normalized spacial score (nSPS) is 11.7. The second-order valence-electron chi connectivity index (χ2n) is 5.05. The summed E-state index contributed by atoms with van der Waals surface area (Å²) in [6.45, 7) is 2.86. The zero-order chi connectivity index (χ0) is 15.3. The first kappa shape index (κ1) is 15.8. The van der Waals surface area contributed by atoms with E-state index in [0.717, 1.165) is 22.9 Å². The molecule has 0 fully saturated rings. The lowest BCUT2D eigenvalue weighted by Crippen LogP contribution is -1.98. The highest BCUT2D eigenvalue weighted by molar-refractivity contribution is 7.85. The number of fused-ring (bicyclic) bond motifs is 1. The fourth-order valence-corrected chi connectivity index (χ4v) is 2.69. The summed E-state index contributed by atoms with van der Waals surface area (Å²) >= 11 is 0. The summed E-state index contributed by atoms with van der Waals surface area (Å²) in [4.78, 5) is -0.0942. The van der Waals surface area contributed by atoms with Gasteiger partial charge in [-0.2, -0.15) is 8.42 Å². The van der Waals surface area contributed by atoms with Crippen molar-refractivity contribution in [3.8, 4) is 5.75 Å². The van der Waals surface area contributed by atoms with Gasteiger partial charge in [0.2, 0.25) is 0 Å². The van der Waals surface area contributed by atoms with E-state index in [9.17, 15) is 8.42 Å². The van der Waals surface area contributed by atoms with Crippen molar-refractivity contribution in [2.45, 2.75) is 37.5 Å². The van der Waals surface area contributed by atoms with Crippen molar-refractivity contribution >= 4 is 20.9 Å². The van der Waals surface area contributed by atoms with Gasteiger partial charge in [-0.3, -0.25) is 4.55 Å². The maximum absolute atomic E-state index is 11.1. The van der Waals surface area contributed by atoms with Crippen molar-refractivity contribution in [2.24, 2.45) is 0 Å². The summed E-state index contributed by atoms with van der Waals surface area (Å²) in [6.07, 6.45) is 4.63. The van der Waals surface area contributed by atoms with Gasteiger partial charge in [0, 0.05) is 0 Å². The SMILES string of the molecule is CCCCCCOc1ccc2cc(S(=O)(=O)O)ccc2c1. The topological polar surface area (TPSA) is 63.6 Å². The molecule has 4 nitrogen and oxygen atoms in total. The summed E-state index contributed by atoms with van der Waals surface area (Å²) in [5, 5.41) is 1.64. The van der Waals surface area contributed by atoms with E-state index in [1.807, 2.05) is 12.1 Å². The minimum Gasteiger partial charge on any atom is -0.494 e. The van der Waals surface area contributed by atoms with Crippen LogP contribution in [0.4, 0.5) is 0 Å². The van der Waals surface area contributed by atoms with Gasteiger partial charge in [-0.05, 0) is 41.5 Å². The Hall–Kier alpha value is -1.59. The molecule has 2 aromatic rings. The summed E-state index contributed by atoms with van der Waals surface area (Å²) in [5.41, 5.74) is 0. The molecule has 1 N–H and O–H groups in total. The highest BCUT2D eigenvalue weighted by Crippen LogP contribution is 2.24. The predicted molar refractivity (Wildman–Crippen MR) is 83.4 cm³/mol.